The standard InChI is InChI=1S/C18H15NO2/c19-17-11-4-3-10-16(17)18(20)21-12-14-8-5-7-13-6-1-2-9-15(13)14/h1-11H,12,19H2. The molecule has 2 N–H and O–H groups in total. The van der Waals surface area contributed by atoms with Gasteiger partial charge in [0.2, 0.25) is 0 Å². The average molecular weight is 277 g/mol. The largest absolute Gasteiger partial charge is 0.457 e. The van der Waals surface area contributed by atoms with Gasteiger partial charge in [0.25, 0.3) is 0 Å². The van der Waals surface area contributed by atoms with E-state index in [4.69, 9.17) is 10.5 Å². The summed E-state index contributed by atoms with van der Waals surface area (Å²) in [6, 6.07) is 20.9. The van der Waals surface area contributed by atoms with Crippen molar-refractivity contribution in [3.8, 4) is 0 Å². The van der Waals surface area contributed by atoms with E-state index in [1.807, 2.05) is 42.5 Å². The van der Waals surface area contributed by atoms with Crippen molar-refractivity contribution in [3.63, 3.8) is 0 Å². The summed E-state index contributed by atoms with van der Waals surface area (Å²) in [7, 11) is 0. The molecule has 0 radical (unpaired) electrons. The molecule has 0 bridgehead atoms. The molecule has 0 aliphatic carbocycles. The van der Waals surface area contributed by atoms with Gasteiger partial charge in [-0.3, -0.25) is 0 Å². The van der Waals surface area contributed by atoms with Gasteiger partial charge >= 0.3 is 5.97 Å². The van der Waals surface area contributed by atoms with Gasteiger partial charge in [0.1, 0.15) is 6.61 Å². The van der Waals surface area contributed by atoms with Crippen LogP contribution in [0, 0.1) is 0 Å². The number of carbonyl (C=O) groups is 1. The summed E-state index contributed by atoms with van der Waals surface area (Å²) in [6.07, 6.45) is 0. The van der Waals surface area contributed by atoms with Crippen molar-refractivity contribution in [2.75, 3.05) is 5.73 Å². The maximum absolute atomic E-state index is 12.1. The zero-order valence-corrected chi connectivity index (χ0v) is 11.5. The molecule has 0 aliphatic heterocycles. The molecule has 0 unspecified atom stereocenters. The van der Waals surface area contributed by atoms with E-state index in [0.29, 0.717) is 11.3 Å². The Morgan fingerprint density at radius 2 is 1.62 bits per heavy atom. The lowest BCUT2D eigenvalue weighted by molar-refractivity contribution is 0.0475. The van der Waals surface area contributed by atoms with E-state index in [2.05, 4.69) is 0 Å². The Morgan fingerprint density at radius 1 is 0.905 bits per heavy atom. The van der Waals surface area contributed by atoms with Gasteiger partial charge in [-0.05, 0) is 28.5 Å². The molecule has 3 heteroatoms. The molecule has 0 spiro atoms. The van der Waals surface area contributed by atoms with E-state index >= 15 is 0 Å². The predicted octanol–water partition coefficient (Wildman–Crippen LogP) is 3.78. The molecule has 0 atom stereocenters. The van der Waals surface area contributed by atoms with Crippen LogP contribution in [-0.2, 0) is 11.3 Å². The second-order valence-electron chi connectivity index (χ2n) is 4.80. The van der Waals surface area contributed by atoms with Crippen LogP contribution in [0.25, 0.3) is 10.8 Å². The predicted molar refractivity (Wildman–Crippen MR) is 83.9 cm³/mol. The van der Waals surface area contributed by atoms with E-state index < -0.39 is 5.97 Å². The number of esters is 1. The molecule has 3 rings (SSSR count). The van der Waals surface area contributed by atoms with E-state index in [9.17, 15) is 4.79 Å². The molecule has 21 heavy (non-hydrogen) atoms. The van der Waals surface area contributed by atoms with E-state index in [-0.39, 0.29) is 6.61 Å². The van der Waals surface area contributed by atoms with Crippen LogP contribution in [-0.4, -0.2) is 5.97 Å². The number of hydrogen-bond donors (Lipinski definition) is 1. The van der Waals surface area contributed by atoms with Gasteiger partial charge in [0, 0.05) is 5.69 Å². The van der Waals surface area contributed by atoms with Crippen LogP contribution in [0.4, 0.5) is 5.69 Å². The van der Waals surface area contributed by atoms with Gasteiger partial charge in [0.15, 0.2) is 0 Å². The highest BCUT2D eigenvalue weighted by Gasteiger charge is 2.11. The third kappa shape index (κ3) is 2.72. The van der Waals surface area contributed by atoms with Gasteiger partial charge in [0.05, 0.1) is 5.56 Å². The molecule has 0 amide bonds. The van der Waals surface area contributed by atoms with Crippen LogP contribution in [0.1, 0.15) is 15.9 Å². The molecule has 3 aromatic carbocycles. The Labute approximate surface area is 123 Å². The van der Waals surface area contributed by atoms with Crippen molar-refractivity contribution in [1.82, 2.24) is 0 Å². The summed E-state index contributed by atoms with van der Waals surface area (Å²) in [5.74, 6) is -0.402. The summed E-state index contributed by atoms with van der Waals surface area (Å²) < 4.78 is 5.38. The van der Waals surface area contributed by atoms with Crippen LogP contribution in [0.5, 0.6) is 0 Å². The second-order valence-corrected chi connectivity index (χ2v) is 4.80. The Morgan fingerprint density at radius 3 is 2.48 bits per heavy atom. The molecule has 3 aromatic rings. The summed E-state index contributed by atoms with van der Waals surface area (Å²) >= 11 is 0. The Bertz CT molecular complexity index is 791. The Balaban J connectivity index is 1.81. The number of para-hydroxylation sites is 1. The summed E-state index contributed by atoms with van der Waals surface area (Å²) in [5.41, 5.74) is 7.59. The molecule has 0 saturated heterocycles. The molecule has 0 fully saturated rings. The normalized spacial score (nSPS) is 10.5. The molecular formula is C18H15NO2. The summed E-state index contributed by atoms with van der Waals surface area (Å²) in [6.45, 7) is 0.231. The minimum Gasteiger partial charge on any atom is -0.457 e. The number of rotatable bonds is 3. The number of carbonyl (C=O) groups excluding carboxylic acids is 1. The lowest BCUT2D eigenvalue weighted by Crippen LogP contribution is -2.08. The molecule has 0 saturated carbocycles. The number of anilines is 1. The van der Waals surface area contributed by atoms with Gasteiger partial charge in [-0.1, -0.05) is 54.6 Å². The van der Waals surface area contributed by atoms with Crippen molar-refractivity contribution in [2.45, 2.75) is 6.61 Å². The maximum atomic E-state index is 12.1. The van der Waals surface area contributed by atoms with Crippen molar-refractivity contribution in [2.24, 2.45) is 0 Å². The van der Waals surface area contributed by atoms with Crippen molar-refractivity contribution >= 4 is 22.4 Å². The average Bonchev–Trinajstić information content (AvgIpc) is 2.53. The Kier molecular flexibility index (Phi) is 3.56. The fraction of sp³-hybridized carbons (Fsp3) is 0.0556. The Hall–Kier alpha value is -2.81. The highest BCUT2D eigenvalue weighted by molar-refractivity contribution is 5.95. The van der Waals surface area contributed by atoms with Crippen LogP contribution < -0.4 is 5.73 Å². The minimum absolute atomic E-state index is 0.231. The lowest BCUT2D eigenvalue weighted by Gasteiger charge is -2.09. The number of fused-ring (bicyclic) bond motifs is 1. The fourth-order valence-electron chi connectivity index (χ4n) is 2.32. The van der Waals surface area contributed by atoms with Crippen molar-refractivity contribution in [3.05, 3.63) is 77.9 Å². The van der Waals surface area contributed by atoms with Crippen LogP contribution in [0.15, 0.2) is 66.7 Å². The molecule has 104 valence electrons. The lowest BCUT2D eigenvalue weighted by atomic mass is 10.1. The van der Waals surface area contributed by atoms with Crippen molar-refractivity contribution < 1.29 is 9.53 Å². The van der Waals surface area contributed by atoms with Crippen molar-refractivity contribution in [1.29, 1.82) is 0 Å². The van der Waals surface area contributed by atoms with Gasteiger partial charge < -0.3 is 10.5 Å². The molecule has 0 heterocycles. The molecule has 0 aromatic heterocycles. The third-order valence-electron chi connectivity index (χ3n) is 3.42. The summed E-state index contributed by atoms with van der Waals surface area (Å²) in [4.78, 5) is 12.1. The number of hydrogen-bond acceptors (Lipinski definition) is 3. The molecule has 3 nitrogen and oxygen atoms in total. The zero-order valence-electron chi connectivity index (χ0n) is 11.5. The van der Waals surface area contributed by atoms with Crippen LogP contribution in [0.3, 0.4) is 0 Å². The van der Waals surface area contributed by atoms with E-state index in [0.717, 1.165) is 16.3 Å². The summed E-state index contributed by atoms with van der Waals surface area (Å²) in [5, 5.41) is 2.22. The number of benzene rings is 3. The monoisotopic (exact) mass is 277 g/mol. The first kappa shape index (κ1) is 13.2. The molecular weight excluding hydrogens is 262 g/mol. The maximum Gasteiger partial charge on any atom is 0.340 e. The van der Waals surface area contributed by atoms with Crippen LogP contribution in [0.2, 0.25) is 0 Å². The first-order valence-corrected chi connectivity index (χ1v) is 6.74. The van der Waals surface area contributed by atoms with E-state index in [1.165, 1.54) is 0 Å². The fourth-order valence-corrected chi connectivity index (χ4v) is 2.32. The number of ether oxygens (including phenoxy) is 1. The smallest absolute Gasteiger partial charge is 0.340 e. The minimum atomic E-state index is -0.402. The van der Waals surface area contributed by atoms with Crippen LogP contribution >= 0.6 is 0 Å². The number of nitrogen functional groups attached to an aromatic ring is 1. The van der Waals surface area contributed by atoms with Gasteiger partial charge in [-0.15, -0.1) is 0 Å². The number of nitrogens with two attached hydrogens (primary N) is 1. The second kappa shape index (κ2) is 5.67. The van der Waals surface area contributed by atoms with Gasteiger partial charge in [-0.25, -0.2) is 4.79 Å². The van der Waals surface area contributed by atoms with Gasteiger partial charge in [-0.2, -0.15) is 0 Å². The first-order chi connectivity index (χ1) is 10.3. The quantitative estimate of drug-likeness (QED) is 0.585. The topological polar surface area (TPSA) is 52.3 Å². The zero-order chi connectivity index (χ0) is 14.7. The molecule has 0 aliphatic rings. The first-order valence-electron chi connectivity index (χ1n) is 6.74. The highest BCUT2D eigenvalue weighted by Crippen LogP contribution is 2.20. The van der Waals surface area contributed by atoms with E-state index in [1.54, 1.807) is 24.3 Å². The highest BCUT2D eigenvalue weighted by atomic mass is 16.5. The SMILES string of the molecule is Nc1ccccc1C(=O)OCc1cccc2ccccc12. The third-order valence-corrected chi connectivity index (χ3v) is 3.42.